The molecule has 0 aliphatic rings. The largest absolute Gasteiger partial charge is 0.496 e. The Balaban J connectivity index is 2.18. The van der Waals surface area contributed by atoms with E-state index < -0.39 is 0 Å². The molecule has 2 aromatic rings. The fourth-order valence-corrected chi connectivity index (χ4v) is 2.43. The highest BCUT2D eigenvalue weighted by atomic mass is 79.9. The Kier molecular flexibility index (Phi) is 5.04. The zero-order valence-corrected chi connectivity index (χ0v) is 13.2. The second-order valence-electron chi connectivity index (χ2n) is 4.56. The van der Waals surface area contributed by atoms with E-state index in [0.717, 1.165) is 27.1 Å². The van der Waals surface area contributed by atoms with E-state index in [2.05, 4.69) is 22.0 Å². The predicted molar refractivity (Wildman–Crippen MR) is 84.1 cm³/mol. The minimum Gasteiger partial charge on any atom is -0.496 e. The molecule has 0 bridgehead atoms. The van der Waals surface area contributed by atoms with Gasteiger partial charge in [0.1, 0.15) is 18.1 Å². The Hall–Kier alpha value is -1.52. The van der Waals surface area contributed by atoms with Crippen molar-refractivity contribution in [1.82, 2.24) is 0 Å². The smallest absolute Gasteiger partial charge is 0.125 e. The summed E-state index contributed by atoms with van der Waals surface area (Å²) in [6, 6.07) is 11.9. The van der Waals surface area contributed by atoms with Gasteiger partial charge in [0, 0.05) is 22.1 Å². The summed E-state index contributed by atoms with van der Waals surface area (Å²) >= 11 is 3.43. The Bertz CT molecular complexity index is 599. The molecule has 2 aromatic carbocycles. The van der Waals surface area contributed by atoms with Crippen LogP contribution in [0.4, 0.5) is 0 Å². The van der Waals surface area contributed by atoms with E-state index in [0.29, 0.717) is 13.2 Å². The van der Waals surface area contributed by atoms with Crippen LogP contribution in [0.25, 0.3) is 0 Å². The third kappa shape index (κ3) is 3.52. The van der Waals surface area contributed by atoms with E-state index in [9.17, 15) is 0 Å². The number of benzene rings is 2. The average molecular weight is 336 g/mol. The molecule has 0 radical (unpaired) electrons. The minimum absolute atomic E-state index is 0.444. The number of ether oxygens (including phenoxy) is 2. The van der Waals surface area contributed by atoms with Crippen LogP contribution in [0.2, 0.25) is 0 Å². The summed E-state index contributed by atoms with van der Waals surface area (Å²) in [7, 11) is 1.67. The summed E-state index contributed by atoms with van der Waals surface area (Å²) in [4.78, 5) is 0. The van der Waals surface area contributed by atoms with Crippen molar-refractivity contribution in [2.24, 2.45) is 5.73 Å². The summed E-state index contributed by atoms with van der Waals surface area (Å²) < 4.78 is 12.2. The molecule has 2 rings (SSSR count). The molecule has 0 unspecified atom stereocenters. The van der Waals surface area contributed by atoms with Gasteiger partial charge < -0.3 is 15.2 Å². The van der Waals surface area contributed by atoms with Crippen molar-refractivity contribution < 1.29 is 9.47 Å². The van der Waals surface area contributed by atoms with Crippen LogP contribution in [0.5, 0.6) is 11.5 Å². The van der Waals surface area contributed by atoms with Gasteiger partial charge in [-0.05, 0) is 37.3 Å². The van der Waals surface area contributed by atoms with Crippen molar-refractivity contribution in [2.45, 2.75) is 20.1 Å². The SMILES string of the molecule is COc1ccc(C)cc1COc1ccc(Br)cc1CN. The van der Waals surface area contributed by atoms with E-state index in [-0.39, 0.29) is 0 Å². The standard InChI is InChI=1S/C16H18BrNO2/c1-11-3-5-15(19-2)13(7-11)10-20-16-6-4-14(17)8-12(16)9-18/h3-8H,9-10,18H2,1-2H3. The molecule has 0 heterocycles. The quantitative estimate of drug-likeness (QED) is 0.903. The Morgan fingerprint density at radius 3 is 2.50 bits per heavy atom. The van der Waals surface area contributed by atoms with Crippen LogP contribution < -0.4 is 15.2 Å². The van der Waals surface area contributed by atoms with E-state index >= 15 is 0 Å². The van der Waals surface area contributed by atoms with E-state index in [1.165, 1.54) is 5.56 Å². The fraction of sp³-hybridized carbons (Fsp3) is 0.250. The van der Waals surface area contributed by atoms with Crippen LogP contribution in [-0.4, -0.2) is 7.11 Å². The van der Waals surface area contributed by atoms with Crippen LogP contribution in [0.15, 0.2) is 40.9 Å². The minimum atomic E-state index is 0.444. The zero-order chi connectivity index (χ0) is 14.5. The summed E-state index contributed by atoms with van der Waals surface area (Å²) in [5, 5.41) is 0. The number of hydrogen-bond donors (Lipinski definition) is 1. The van der Waals surface area contributed by atoms with E-state index in [1.54, 1.807) is 7.11 Å². The third-order valence-electron chi connectivity index (χ3n) is 3.06. The van der Waals surface area contributed by atoms with Gasteiger partial charge in [-0.1, -0.05) is 27.6 Å². The van der Waals surface area contributed by atoms with Crippen molar-refractivity contribution in [1.29, 1.82) is 0 Å². The number of hydrogen-bond acceptors (Lipinski definition) is 3. The molecule has 4 heteroatoms. The lowest BCUT2D eigenvalue weighted by atomic mass is 10.1. The second-order valence-corrected chi connectivity index (χ2v) is 5.48. The van der Waals surface area contributed by atoms with Crippen molar-refractivity contribution in [3.63, 3.8) is 0 Å². The van der Waals surface area contributed by atoms with Crippen LogP contribution in [0.1, 0.15) is 16.7 Å². The van der Waals surface area contributed by atoms with Crippen molar-refractivity contribution in [3.8, 4) is 11.5 Å². The van der Waals surface area contributed by atoms with Gasteiger partial charge in [0.15, 0.2) is 0 Å². The maximum atomic E-state index is 5.89. The molecular formula is C16H18BrNO2. The lowest BCUT2D eigenvalue weighted by Crippen LogP contribution is -2.04. The molecule has 0 amide bonds. The highest BCUT2D eigenvalue weighted by Gasteiger charge is 2.07. The summed E-state index contributed by atoms with van der Waals surface area (Å²) in [6.07, 6.45) is 0. The molecular weight excluding hydrogens is 318 g/mol. The first-order valence-electron chi connectivity index (χ1n) is 6.39. The summed E-state index contributed by atoms with van der Waals surface area (Å²) in [5.74, 6) is 1.64. The van der Waals surface area contributed by atoms with Crippen LogP contribution >= 0.6 is 15.9 Å². The van der Waals surface area contributed by atoms with E-state index in [1.807, 2.05) is 37.3 Å². The van der Waals surface area contributed by atoms with Crippen molar-refractivity contribution in [2.75, 3.05) is 7.11 Å². The molecule has 0 saturated heterocycles. The van der Waals surface area contributed by atoms with Crippen LogP contribution in [-0.2, 0) is 13.2 Å². The predicted octanol–water partition coefficient (Wildman–Crippen LogP) is 3.80. The Morgan fingerprint density at radius 1 is 1.05 bits per heavy atom. The molecule has 106 valence electrons. The topological polar surface area (TPSA) is 44.5 Å². The first kappa shape index (κ1) is 14.9. The third-order valence-corrected chi connectivity index (χ3v) is 3.55. The number of methoxy groups -OCH3 is 1. The van der Waals surface area contributed by atoms with Gasteiger partial charge >= 0.3 is 0 Å². The highest BCUT2D eigenvalue weighted by Crippen LogP contribution is 2.26. The molecule has 2 N–H and O–H groups in total. The highest BCUT2D eigenvalue weighted by molar-refractivity contribution is 9.10. The van der Waals surface area contributed by atoms with E-state index in [4.69, 9.17) is 15.2 Å². The Morgan fingerprint density at radius 2 is 1.80 bits per heavy atom. The number of aryl methyl sites for hydroxylation is 1. The van der Waals surface area contributed by atoms with Crippen LogP contribution in [0, 0.1) is 6.92 Å². The fourth-order valence-electron chi connectivity index (χ4n) is 2.02. The summed E-state index contributed by atoms with van der Waals surface area (Å²) in [5.41, 5.74) is 8.93. The molecule has 0 fully saturated rings. The maximum Gasteiger partial charge on any atom is 0.125 e. The van der Waals surface area contributed by atoms with Crippen molar-refractivity contribution >= 4 is 15.9 Å². The maximum absolute atomic E-state index is 5.89. The number of nitrogens with two attached hydrogens (primary N) is 1. The molecule has 0 atom stereocenters. The molecule has 3 nitrogen and oxygen atoms in total. The lowest BCUT2D eigenvalue weighted by Gasteiger charge is -2.13. The first-order valence-corrected chi connectivity index (χ1v) is 7.18. The Labute approximate surface area is 127 Å². The molecule has 0 aromatic heterocycles. The normalized spacial score (nSPS) is 10.4. The number of halogens is 1. The average Bonchev–Trinajstić information content (AvgIpc) is 2.46. The first-order chi connectivity index (χ1) is 9.63. The second kappa shape index (κ2) is 6.77. The van der Waals surface area contributed by atoms with Crippen molar-refractivity contribution in [3.05, 3.63) is 57.6 Å². The molecule has 0 spiro atoms. The molecule has 0 aliphatic carbocycles. The lowest BCUT2D eigenvalue weighted by molar-refractivity contribution is 0.293. The zero-order valence-electron chi connectivity index (χ0n) is 11.7. The van der Waals surface area contributed by atoms with Gasteiger partial charge in [0.05, 0.1) is 7.11 Å². The molecule has 20 heavy (non-hydrogen) atoms. The number of rotatable bonds is 5. The molecule has 0 aliphatic heterocycles. The molecule has 0 saturated carbocycles. The van der Waals surface area contributed by atoms with Gasteiger partial charge in [-0.3, -0.25) is 0 Å². The van der Waals surface area contributed by atoms with Gasteiger partial charge in [-0.2, -0.15) is 0 Å². The van der Waals surface area contributed by atoms with Gasteiger partial charge in [-0.25, -0.2) is 0 Å². The van der Waals surface area contributed by atoms with Gasteiger partial charge in [0.2, 0.25) is 0 Å². The van der Waals surface area contributed by atoms with Gasteiger partial charge in [0.25, 0.3) is 0 Å². The van der Waals surface area contributed by atoms with Crippen LogP contribution in [0.3, 0.4) is 0 Å². The van der Waals surface area contributed by atoms with Gasteiger partial charge in [-0.15, -0.1) is 0 Å². The summed E-state index contributed by atoms with van der Waals surface area (Å²) in [6.45, 7) is 2.95. The monoisotopic (exact) mass is 335 g/mol.